The molecule has 1 fully saturated rings. The molecule has 100 valence electrons. The first-order valence-corrected chi connectivity index (χ1v) is 6.98. The molecule has 1 heterocycles. The minimum atomic E-state index is -0.311. The molecule has 0 unspecified atom stereocenters. The van der Waals surface area contributed by atoms with Crippen LogP contribution in [0.1, 0.15) is 32.1 Å². The average Bonchev–Trinajstić information content (AvgIpc) is 2.41. The SMILES string of the molecule is Cn1ncc(NC2(CO)CCCCC2)c(Br)c1=O. The average molecular weight is 316 g/mol. The molecular formula is C12H18BrN3O2. The first-order valence-electron chi connectivity index (χ1n) is 6.19. The monoisotopic (exact) mass is 315 g/mol. The largest absolute Gasteiger partial charge is 0.394 e. The van der Waals surface area contributed by atoms with E-state index in [9.17, 15) is 9.90 Å². The Morgan fingerprint density at radius 1 is 1.50 bits per heavy atom. The summed E-state index contributed by atoms with van der Waals surface area (Å²) in [5, 5.41) is 16.9. The van der Waals surface area contributed by atoms with E-state index < -0.39 is 0 Å². The van der Waals surface area contributed by atoms with Gasteiger partial charge >= 0.3 is 0 Å². The third-order valence-corrected chi connectivity index (χ3v) is 4.36. The molecule has 6 heteroatoms. The number of hydrogen-bond acceptors (Lipinski definition) is 4. The third kappa shape index (κ3) is 2.59. The van der Waals surface area contributed by atoms with Crippen LogP contribution in [-0.4, -0.2) is 27.0 Å². The van der Waals surface area contributed by atoms with Crippen LogP contribution >= 0.6 is 15.9 Å². The van der Waals surface area contributed by atoms with Crippen molar-refractivity contribution in [2.75, 3.05) is 11.9 Å². The molecule has 0 aromatic carbocycles. The van der Waals surface area contributed by atoms with Gasteiger partial charge in [0, 0.05) is 7.05 Å². The topological polar surface area (TPSA) is 67.2 Å². The minimum absolute atomic E-state index is 0.0780. The molecule has 1 aliphatic rings. The summed E-state index contributed by atoms with van der Waals surface area (Å²) >= 11 is 3.29. The highest BCUT2D eigenvalue weighted by Gasteiger charge is 2.32. The molecule has 0 spiro atoms. The summed E-state index contributed by atoms with van der Waals surface area (Å²) in [4.78, 5) is 11.8. The molecule has 1 aromatic rings. The second kappa shape index (κ2) is 5.40. The maximum absolute atomic E-state index is 11.8. The molecule has 1 aliphatic carbocycles. The molecule has 0 atom stereocenters. The summed E-state index contributed by atoms with van der Waals surface area (Å²) in [5.74, 6) is 0. The van der Waals surface area contributed by atoms with Gasteiger partial charge in [0.2, 0.25) is 0 Å². The summed E-state index contributed by atoms with van der Waals surface area (Å²) in [5.41, 5.74) is 0.174. The lowest BCUT2D eigenvalue weighted by molar-refractivity contribution is 0.172. The van der Waals surface area contributed by atoms with E-state index in [1.807, 2.05) is 0 Å². The number of aryl methyl sites for hydroxylation is 1. The highest BCUT2D eigenvalue weighted by molar-refractivity contribution is 9.10. The molecule has 18 heavy (non-hydrogen) atoms. The summed E-state index contributed by atoms with van der Waals surface area (Å²) in [6.07, 6.45) is 6.88. The standard InChI is InChI=1S/C12H18BrN3O2/c1-16-11(18)10(13)9(7-14-16)15-12(8-17)5-3-2-4-6-12/h7,15,17H,2-6,8H2,1H3. The van der Waals surface area contributed by atoms with Gasteiger partial charge < -0.3 is 10.4 Å². The molecule has 1 saturated carbocycles. The van der Waals surface area contributed by atoms with Crippen LogP contribution in [0.5, 0.6) is 0 Å². The fraction of sp³-hybridized carbons (Fsp3) is 0.667. The molecule has 2 rings (SSSR count). The number of hydrogen-bond donors (Lipinski definition) is 2. The Morgan fingerprint density at radius 3 is 2.78 bits per heavy atom. The van der Waals surface area contributed by atoms with Crippen molar-refractivity contribution in [1.82, 2.24) is 9.78 Å². The van der Waals surface area contributed by atoms with Crippen molar-refractivity contribution in [1.29, 1.82) is 0 Å². The van der Waals surface area contributed by atoms with Crippen molar-refractivity contribution in [3.63, 3.8) is 0 Å². The van der Waals surface area contributed by atoms with Gasteiger partial charge in [-0.25, -0.2) is 4.68 Å². The van der Waals surface area contributed by atoms with Crippen LogP contribution in [0, 0.1) is 0 Å². The van der Waals surface area contributed by atoms with E-state index in [0.717, 1.165) is 25.7 Å². The van der Waals surface area contributed by atoms with Crippen LogP contribution < -0.4 is 10.9 Å². The lowest BCUT2D eigenvalue weighted by atomic mass is 9.82. The number of nitrogens with zero attached hydrogens (tertiary/aromatic N) is 2. The lowest BCUT2D eigenvalue weighted by Crippen LogP contribution is -2.44. The van der Waals surface area contributed by atoms with Crippen LogP contribution in [0.2, 0.25) is 0 Å². The van der Waals surface area contributed by atoms with E-state index in [4.69, 9.17) is 0 Å². The zero-order valence-corrected chi connectivity index (χ0v) is 12.0. The van der Waals surface area contributed by atoms with Crippen molar-refractivity contribution in [2.45, 2.75) is 37.6 Å². The zero-order valence-electron chi connectivity index (χ0n) is 10.4. The van der Waals surface area contributed by atoms with E-state index >= 15 is 0 Å². The van der Waals surface area contributed by atoms with Gasteiger partial charge in [-0.2, -0.15) is 5.10 Å². The van der Waals surface area contributed by atoms with E-state index in [0.29, 0.717) is 10.2 Å². The normalized spacial score (nSPS) is 18.6. The Kier molecular flexibility index (Phi) is 4.07. The summed E-state index contributed by atoms with van der Waals surface area (Å²) in [6.45, 7) is 0.0780. The Hall–Kier alpha value is -0.880. The number of halogens is 1. The van der Waals surface area contributed by atoms with Crippen molar-refractivity contribution < 1.29 is 5.11 Å². The maximum Gasteiger partial charge on any atom is 0.282 e. The number of aromatic nitrogens is 2. The molecule has 1 aromatic heterocycles. The summed E-state index contributed by atoms with van der Waals surface area (Å²) in [7, 11) is 1.61. The first-order chi connectivity index (χ1) is 8.58. The molecule has 0 radical (unpaired) electrons. The van der Waals surface area contributed by atoms with Crippen LogP contribution in [-0.2, 0) is 7.05 Å². The number of aliphatic hydroxyl groups excluding tert-OH is 1. The fourth-order valence-corrected chi connectivity index (χ4v) is 2.89. The Labute approximate surface area is 114 Å². The van der Waals surface area contributed by atoms with Gasteiger partial charge in [-0.3, -0.25) is 4.79 Å². The number of rotatable bonds is 3. The second-order valence-corrected chi connectivity index (χ2v) is 5.72. The third-order valence-electron chi connectivity index (χ3n) is 3.59. The number of aliphatic hydroxyl groups is 1. The number of nitrogens with one attached hydrogen (secondary N) is 1. The van der Waals surface area contributed by atoms with Crippen molar-refractivity contribution in [3.8, 4) is 0 Å². The maximum atomic E-state index is 11.8. The quantitative estimate of drug-likeness (QED) is 0.890. The van der Waals surface area contributed by atoms with Gasteiger partial charge in [0.15, 0.2) is 0 Å². The van der Waals surface area contributed by atoms with Crippen LogP contribution in [0.4, 0.5) is 5.69 Å². The minimum Gasteiger partial charge on any atom is -0.394 e. The molecule has 0 amide bonds. The Bertz CT molecular complexity index is 481. The highest BCUT2D eigenvalue weighted by Crippen LogP contribution is 2.32. The van der Waals surface area contributed by atoms with Crippen LogP contribution in [0.3, 0.4) is 0 Å². The van der Waals surface area contributed by atoms with Gasteiger partial charge in [-0.05, 0) is 28.8 Å². The molecule has 0 bridgehead atoms. The van der Waals surface area contributed by atoms with Gasteiger partial charge in [0.05, 0.1) is 24.0 Å². The van der Waals surface area contributed by atoms with E-state index in [1.165, 1.54) is 11.1 Å². The van der Waals surface area contributed by atoms with Gasteiger partial charge in [0.1, 0.15) is 4.47 Å². The highest BCUT2D eigenvalue weighted by atomic mass is 79.9. The Morgan fingerprint density at radius 2 is 2.17 bits per heavy atom. The Balaban J connectivity index is 2.27. The van der Waals surface area contributed by atoms with Gasteiger partial charge in [0.25, 0.3) is 5.56 Å². The molecule has 2 N–H and O–H groups in total. The summed E-state index contributed by atoms with van der Waals surface area (Å²) < 4.78 is 1.75. The fourth-order valence-electron chi connectivity index (χ4n) is 2.43. The van der Waals surface area contributed by atoms with E-state index in [2.05, 4.69) is 26.3 Å². The van der Waals surface area contributed by atoms with Crippen molar-refractivity contribution in [2.24, 2.45) is 7.05 Å². The van der Waals surface area contributed by atoms with Crippen molar-refractivity contribution in [3.05, 3.63) is 21.0 Å². The molecular weight excluding hydrogens is 298 g/mol. The smallest absolute Gasteiger partial charge is 0.282 e. The number of anilines is 1. The molecule has 0 aliphatic heterocycles. The predicted octanol–water partition coefficient (Wildman–Crippen LogP) is 1.65. The lowest BCUT2D eigenvalue weighted by Gasteiger charge is -2.37. The molecule has 5 nitrogen and oxygen atoms in total. The second-order valence-electron chi connectivity index (χ2n) is 4.93. The zero-order chi connectivity index (χ0) is 13.2. The predicted molar refractivity (Wildman–Crippen MR) is 73.7 cm³/mol. The van der Waals surface area contributed by atoms with E-state index in [-0.39, 0.29) is 17.7 Å². The van der Waals surface area contributed by atoms with Gasteiger partial charge in [-0.15, -0.1) is 0 Å². The molecule has 0 saturated heterocycles. The van der Waals surface area contributed by atoms with E-state index in [1.54, 1.807) is 13.2 Å². The van der Waals surface area contributed by atoms with Gasteiger partial charge in [-0.1, -0.05) is 19.3 Å². The van der Waals surface area contributed by atoms with Crippen LogP contribution in [0.15, 0.2) is 15.5 Å². The first kappa shape index (κ1) is 13.5. The van der Waals surface area contributed by atoms with Crippen LogP contribution in [0.25, 0.3) is 0 Å². The van der Waals surface area contributed by atoms with Crippen molar-refractivity contribution >= 4 is 21.6 Å². The summed E-state index contributed by atoms with van der Waals surface area (Å²) in [6, 6.07) is 0.